The first-order valence-corrected chi connectivity index (χ1v) is 8.74. The molecule has 27 heavy (non-hydrogen) atoms. The molecule has 0 radical (unpaired) electrons. The smallest absolute Gasteiger partial charge is 0.270 e. The molecule has 132 valence electrons. The molecule has 0 spiro atoms. The van der Waals surface area contributed by atoms with Crippen LogP contribution in [0.3, 0.4) is 0 Å². The summed E-state index contributed by atoms with van der Waals surface area (Å²) in [6, 6.07) is 13.8. The van der Waals surface area contributed by atoms with E-state index in [2.05, 4.69) is 11.1 Å². The molecule has 0 saturated carbocycles. The van der Waals surface area contributed by atoms with Crippen LogP contribution in [0.2, 0.25) is 0 Å². The zero-order valence-corrected chi connectivity index (χ0v) is 14.6. The summed E-state index contributed by atoms with van der Waals surface area (Å²) in [5.74, 6) is 1.35. The Labute approximate surface area is 157 Å². The predicted molar refractivity (Wildman–Crippen MR) is 100 cm³/mol. The first kappa shape index (κ1) is 16.8. The lowest BCUT2D eigenvalue weighted by atomic mass is 10.1. The number of rotatable bonds is 4. The van der Waals surface area contributed by atoms with Crippen LogP contribution in [0.4, 0.5) is 5.69 Å². The van der Waals surface area contributed by atoms with Gasteiger partial charge in [0, 0.05) is 23.1 Å². The van der Waals surface area contributed by atoms with Gasteiger partial charge in [-0.3, -0.25) is 10.1 Å². The van der Waals surface area contributed by atoms with Gasteiger partial charge in [-0.15, -0.1) is 11.3 Å². The number of nitrogens with zero attached hydrogens (tertiary/aromatic N) is 3. The first-order chi connectivity index (χ1) is 13.1. The summed E-state index contributed by atoms with van der Waals surface area (Å²) in [5.41, 5.74) is 2.46. The summed E-state index contributed by atoms with van der Waals surface area (Å²) >= 11 is 1.33. The SMILES string of the molecule is N#CC(=Cc1cccc([N+](=O)[O-])c1)c1nc(-c2ccc3c(c2)OCO3)cs1. The van der Waals surface area contributed by atoms with Crippen LogP contribution in [-0.2, 0) is 0 Å². The molecule has 2 heterocycles. The normalized spacial score (nSPS) is 12.6. The fraction of sp³-hybridized carbons (Fsp3) is 0.0526. The van der Waals surface area contributed by atoms with Crippen LogP contribution in [-0.4, -0.2) is 16.7 Å². The lowest BCUT2D eigenvalue weighted by molar-refractivity contribution is -0.384. The molecule has 1 aliphatic heterocycles. The van der Waals surface area contributed by atoms with Gasteiger partial charge in [0.1, 0.15) is 11.1 Å². The third-order valence-corrected chi connectivity index (χ3v) is 4.79. The molecule has 0 bridgehead atoms. The number of nitro groups is 1. The maximum absolute atomic E-state index is 10.9. The molecule has 4 rings (SSSR count). The lowest BCUT2D eigenvalue weighted by Gasteiger charge is -1.99. The van der Waals surface area contributed by atoms with Crippen molar-refractivity contribution in [2.24, 2.45) is 0 Å². The van der Waals surface area contributed by atoms with Crippen molar-refractivity contribution in [3.05, 3.63) is 68.5 Å². The molecule has 0 saturated heterocycles. The van der Waals surface area contributed by atoms with Gasteiger partial charge in [0.25, 0.3) is 5.69 Å². The van der Waals surface area contributed by atoms with E-state index in [-0.39, 0.29) is 12.5 Å². The average molecular weight is 377 g/mol. The first-order valence-electron chi connectivity index (χ1n) is 7.86. The number of benzene rings is 2. The fourth-order valence-electron chi connectivity index (χ4n) is 2.62. The monoisotopic (exact) mass is 377 g/mol. The number of allylic oxidation sites excluding steroid dienone is 1. The van der Waals surface area contributed by atoms with Gasteiger partial charge in [0.2, 0.25) is 6.79 Å². The molecule has 0 fully saturated rings. The van der Waals surface area contributed by atoms with Crippen molar-refractivity contribution in [1.29, 1.82) is 5.26 Å². The number of non-ortho nitro benzene ring substituents is 1. The minimum atomic E-state index is -0.468. The summed E-state index contributed by atoms with van der Waals surface area (Å²) in [5, 5.41) is 22.8. The number of ether oxygens (including phenoxy) is 2. The van der Waals surface area contributed by atoms with E-state index in [1.807, 2.05) is 23.6 Å². The Morgan fingerprint density at radius 3 is 2.93 bits per heavy atom. The highest BCUT2D eigenvalue weighted by Crippen LogP contribution is 2.36. The number of hydrogen-bond acceptors (Lipinski definition) is 7. The number of nitriles is 1. The number of fused-ring (bicyclic) bond motifs is 1. The average Bonchev–Trinajstić information content (AvgIpc) is 3.35. The molecule has 8 heteroatoms. The summed E-state index contributed by atoms with van der Waals surface area (Å²) in [6.45, 7) is 0.200. The van der Waals surface area contributed by atoms with Gasteiger partial charge in [-0.1, -0.05) is 12.1 Å². The van der Waals surface area contributed by atoms with E-state index in [0.29, 0.717) is 33.3 Å². The van der Waals surface area contributed by atoms with Gasteiger partial charge in [-0.05, 0) is 29.8 Å². The van der Waals surface area contributed by atoms with Crippen LogP contribution >= 0.6 is 11.3 Å². The second-order valence-corrected chi connectivity index (χ2v) is 6.49. The molecule has 0 unspecified atom stereocenters. The fourth-order valence-corrected chi connectivity index (χ4v) is 3.42. The third kappa shape index (κ3) is 3.36. The summed E-state index contributed by atoms with van der Waals surface area (Å²) in [4.78, 5) is 15.0. The Bertz CT molecular complexity index is 1110. The van der Waals surface area contributed by atoms with Gasteiger partial charge in [-0.25, -0.2) is 4.98 Å². The van der Waals surface area contributed by atoms with E-state index < -0.39 is 4.92 Å². The highest BCUT2D eigenvalue weighted by Gasteiger charge is 2.16. The largest absolute Gasteiger partial charge is 0.454 e. The Balaban J connectivity index is 1.66. The van der Waals surface area contributed by atoms with Crippen LogP contribution in [0.15, 0.2) is 47.8 Å². The highest BCUT2D eigenvalue weighted by molar-refractivity contribution is 7.11. The zero-order valence-electron chi connectivity index (χ0n) is 13.8. The van der Waals surface area contributed by atoms with Crippen LogP contribution in [0.1, 0.15) is 10.6 Å². The molecule has 0 atom stereocenters. The van der Waals surface area contributed by atoms with Crippen molar-refractivity contribution in [2.75, 3.05) is 6.79 Å². The summed E-state index contributed by atoms with van der Waals surface area (Å²) < 4.78 is 10.7. The van der Waals surface area contributed by atoms with Crippen molar-refractivity contribution < 1.29 is 14.4 Å². The standard InChI is InChI=1S/C19H11N3O4S/c20-9-14(6-12-2-1-3-15(7-12)22(23)24)19-21-16(10-27-19)13-4-5-17-18(8-13)26-11-25-17/h1-8,10H,11H2. The minimum Gasteiger partial charge on any atom is -0.454 e. The Morgan fingerprint density at radius 1 is 1.26 bits per heavy atom. The molecule has 2 aromatic carbocycles. The second-order valence-electron chi connectivity index (χ2n) is 5.63. The Kier molecular flexibility index (Phi) is 4.28. The molecule has 7 nitrogen and oxygen atoms in total. The molecule has 0 amide bonds. The minimum absolute atomic E-state index is 0.0266. The van der Waals surface area contributed by atoms with E-state index in [9.17, 15) is 15.4 Å². The number of nitro benzene ring substituents is 1. The van der Waals surface area contributed by atoms with Crippen molar-refractivity contribution in [3.63, 3.8) is 0 Å². The Morgan fingerprint density at radius 2 is 2.11 bits per heavy atom. The van der Waals surface area contributed by atoms with Crippen molar-refractivity contribution in [1.82, 2.24) is 4.98 Å². The van der Waals surface area contributed by atoms with E-state index in [4.69, 9.17) is 9.47 Å². The van der Waals surface area contributed by atoms with Gasteiger partial charge in [0.15, 0.2) is 11.5 Å². The topological polar surface area (TPSA) is 98.3 Å². The van der Waals surface area contributed by atoms with Crippen molar-refractivity contribution >= 4 is 28.7 Å². The predicted octanol–water partition coefficient (Wildman–Crippen LogP) is 4.51. The van der Waals surface area contributed by atoms with Gasteiger partial charge in [-0.2, -0.15) is 5.26 Å². The zero-order chi connectivity index (χ0) is 18.8. The number of thiazole rings is 1. The lowest BCUT2D eigenvalue weighted by Crippen LogP contribution is -1.92. The maximum atomic E-state index is 10.9. The molecule has 0 aliphatic carbocycles. The van der Waals surface area contributed by atoms with Crippen LogP contribution in [0, 0.1) is 21.4 Å². The maximum Gasteiger partial charge on any atom is 0.270 e. The quantitative estimate of drug-likeness (QED) is 0.377. The van der Waals surface area contributed by atoms with Crippen LogP contribution < -0.4 is 9.47 Å². The van der Waals surface area contributed by atoms with Gasteiger partial charge in [0.05, 0.1) is 16.2 Å². The van der Waals surface area contributed by atoms with E-state index in [1.165, 1.54) is 23.5 Å². The molecule has 1 aromatic heterocycles. The molecular weight excluding hydrogens is 366 g/mol. The molecular formula is C19H11N3O4S. The summed E-state index contributed by atoms with van der Waals surface area (Å²) in [7, 11) is 0. The van der Waals surface area contributed by atoms with Crippen LogP contribution in [0.5, 0.6) is 11.5 Å². The highest BCUT2D eigenvalue weighted by atomic mass is 32.1. The van der Waals surface area contributed by atoms with Gasteiger partial charge >= 0.3 is 0 Å². The van der Waals surface area contributed by atoms with Crippen LogP contribution in [0.25, 0.3) is 22.9 Å². The van der Waals surface area contributed by atoms with Gasteiger partial charge < -0.3 is 9.47 Å². The van der Waals surface area contributed by atoms with Crippen molar-refractivity contribution in [2.45, 2.75) is 0 Å². The molecule has 1 aliphatic rings. The van der Waals surface area contributed by atoms with E-state index in [0.717, 1.165) is 5.56 Å². The Hall–Kier alpha value is -3.70. The number of aromatic nitrogens is 1. The van der Waals surface area contributed by atoms with Crippen molar-refractivity contribution in [3.8, 4) is 28.8 Å². The molecule has 0 N–H and O–H groups in total. The number of hydrogen-bond donors (Lipinski definition) is 0. The molecule has 3 aromatic rings. The van der Waals surface area contributed by atoms with E-state index >= 15 is 0 Å². The summed E-state index contributed by atoms with van der Waals surface area (Å²) in [6.07, 6.45) is 1.59. The second kappa shape index (κ2) is 6.90. The third-order valence-electron chi connectivity index (χ3n) is 3.92. The van der Waals surface area contributed by atoms with E-state index in [1.54, 1.807) is 18.2 Å².